The second kappa shape index (κ2) is 26.4. The molecule has 0 unspecified atom stereocenters. The molecule has 4 heterocycles. The van der Waals surface area contributed by atoms with Crippen LogP contribution in [0, 0.1) is 0 Å². The van der Waals surface area contributed by atoms with Gasteiger partial charge in [-0.3, -0.25) is 59.1 Å². The van der Waals surface area contributed by atoms with Crippen LogP contribution < -0.4 is 16.0 Å². The molecule has 0 bridgehead atoms. The first kappa shape index (κ1) is 52.9. The summed E-state index contributed by atoms with van der Waals surface area (Å²) in [7, 11) is 0. The van der Waals surface area contributed by atoms with Crippen molar-refractivity contribution in [3.05, 3.63) is 182 Å². The summed E-state index contributed by atoms with van der Waals surface area (Å²) in [6.45, 7) is 0. The lowest BCUT2D eigenvalue weighted by Gasteiger charge is -2.05. The quantitative estimate of drug-likeness (QED) is 0.0592. The summed E-state index contributed by atoms with van der Waals surface area (Å²) in [5, 5.41) is 41.3. The van der Waals surface area contributed by atoms with E-state index in [0.29, 0.717) is 32.5 Å². The molecule has 9 rings (SSSR count). The van der Waals surface area contributed by atoms with Gasteiger partial charge in [-0.15, -0.1) is 0 Å². The lowest BCUT2D eigenvalue weighted by atomic mass is 10.1. The van der Waals surface area contributed by atoms with Gasteiger partial charge in [-0.05, 0) is 143 Å². The number of nitrogens with one attached hydrogen (secondary N) is 3. The first-order chi connectivity index (χ1) is 33.5. The number of carbonyl (C=O) groups is 9. The highest BCUT2D eigenvalue weighted by atomic mass is 32.2. The number of carbonyl (C=O) groups excluding carboxylic acids is 9. The molecule has 356 valence electrons. The Kier molecular flexibility index (Phi) is 20.0. The zero-order valence-electron chi connectivity index (χ0n) is 36.0. The molecule has 4 fully saturated rings. The van der Waals surface area contributed by atoms with Gasteiger partial charge in [-0.2, -0.15) is 0 Å². The van der Waals surface area contributed by atoms with Gasteiger partial charge in [-0.25, -0.2) is 4.90 Å². The lowest BCUT2D eigenvalue weighted by molar-refractivity contribution is -0.121. The highest BCUT2D eigenvalue weighted by Crippen LogP contribution is 2.33. The number of phenolic OH excluding ortho intramolecular Hbond substituents is 4. The predicted molar refractivity (Wildman–Crippen MR) is 269 cm³/mol. The van der Waals surface area contributed by atoms with Gasteiger partial charge in [0.05, 0.1) is 20.5 Å². The van der Waals surface area contributed by atoms with E-state index in [0.717, 1.165) is 80.5 Å². The highest BCUT2D eigenvalue weighted by molar-refractivity contribution is 8.19. The molecular formula is C49H38N4O13S4. The summed E-state index contributed by atoms with van der Waals surface area (Å²) >= 11 is 3.66. The van der Waals surface area contributed by atoms with Gasteiger partial charge in [0.1, 0.15) is 29.3 Å². The molecule has 5 aromatic carbocycles. The van der Waals surface area contributed by atoms with E-state index < -0.39 is 0 Å². The Morgan fingerprint density at radius 3 is 1.24 bits per heavy atom. The maximum atomic E-state index is 12.3. The topological polar surface area (TPSA) is 274 Å². The van der Waals surface area contributed by atoms with Crippen molar-refractivity contribution in [1.29, 1.82) is 0 Å². The number of imide groups is 4. The van der Waals surface area contributed by atoms with Crippen LogP contribution in [0.4, 0.5) is 19.2 Å². The number of aldehydes is 1. The summed E-state index contributed by atoms with van der Waals surface area (Å²) in [5.41, 5.74) is 3.97. The maximum Gasteiger partial charge on any atom is 0.297 e. The zero-order valence-corrected chi connectivity index (χ0v) is 39.3. The van der Waals surface area contributed by atoms with Crippen LogP contribution in [0.15, 0.2) is 154 Å². The van der Waals surface area contributed by atoms with Crippen molar-refractivity contribution in [3.63, 3.8) is 0 Å². The van der Waals surface area contributed by atoms with Crippen LogP contribution in [0.2, 0.25) is 0 Å². The van der Waals surface area contributed by atoms with Crippen molar-refractivity contribution in [2.75, 3.05) is 5.75 Å². The standard InChI is InChI=1S/C19H15NO3S.2C10H7NO3S.C7H6O2.C3H3NO2S/c21-16-10-8-15(9-11-16)13-17-18(22)20(19(23)24-17)12-4-7-14-5-2-1-3-6-14;2*12-7-3-1-6(2-4-7)5-8-9(13)11-10(14)15-8;8-5-6-1-3-7(9)4-2-6;5-2-1-7-3(6)4-2/h1-6,8-13,21H,7H2;2*1-5,12H,(H,11,13,14);1-5,9H;1H2,(H,4,5,6)/b12-4+,17-13-;2*8-5-;;. The monoisotopic (exact) mass is 1020 g/mol. The zero-order chi connectivity index (χ0) is 50.6. The predicted octanol–water partition coefficient (Wildman–Crippen LogP) is 8.79. The molecule has 8 amide bonds. The van der Waals surface area contributed by atoms with E-state index in [4.69, 9.17) is 15.3 Å². The van der Waals surface area contributed by atoms with Crippen LogP contribution in [0.25, 0.3) is 18.2 Å². The van der Waals surface area contributed by atoms with Gasteiger partial charge in [0.2, 0.25) is 5.91 Å². The minimum atomic E-state index is -0.377. The molecule has 0 spiro atoms. The van der Waals surface area contributed by atoms with Gasteiger partial charge < -0.3 is 20.4 Å². The second-order valence-corrected chi connectivity index (χ2v) is 17.9. The number of allylic oxidation sites excluding steroid dienone is 1. The fraction of sp³-hybridized carbons (Fsp3) is 0.0408. The molecule has 0 radical (unpaired) electrons. The Morgan fingerprint density at radius 1 is 0.486 bits per heavy atom. The van der Waals surface area contributed by atoms with Crippen molar-refractivity contribution >= 4 is 116 Å². The van der Waals surface area contributed by atoms with Crippen LogP contribution in [-0.2, 0) is 25.6 Å². The molecule has 0 saturated carbocycles. The van der Waals surface area contributed by atoms with Crippen LogP contribution in [0.3, 0.4) is 0 Å². The Morgan fingerprint density at radius 2 is 0.900 bits per heavy atom. The third-order valence-electron chi connectivity index (χ3n) is 8.74. The van der Waals surface area contributed by atoms with Crippen molar-refractivity contribution < 1.29 is 63.6 Å². The Labute approximate surface area is 415 Å². The SMILES string of the molecule is O=C1CSC(=O)N1.O=C1NC(=O)/C(=C/c2ccc(O)cc2)S1.O=C1NC(=O)/C(=C/c2ccc(O)cc2)S1.O=C1S/C(=C\c2ccc(O)cc2)C(=O)N1/C=C/Cc1ccccc1.O=Cc1ccc(O)cc1. The number of phenols is 4. The van der Waals surface area contributed by atoms with E-state index in [-0.39, 0.29) is 67.6 Å². The molecule has 70 heavy (non-hydrogen) atoms. The van der Waals surface area contributed by atoms with Gasteiger partial charge in [0.25, 0.3) is 38.7 Å². The largest absolute Gasteiger partial charge is 0.508 e. The number of rotatable bonds is 7. The van der Waals surface area contributed by atoms with E-state index in [1.54, 1.807) is 72.8 Å². The normalized spacial score (nSPS) is 16.6. The van der Waals surface area contributed by atoms with Gasteiger partial charge in [-0.1, -0.05) is 84.6 Å². The Balaban J connectivity index is 0.000000173. The van der Waals surface area contributed by atoms with Crippen molar-refractivity contribution in [2.45, 2.75) is 6.42 Å². The van der Waals surface area contributed by atoms with Gasteiger partial charge >= 0.3 is 0 Å². The average molecular weight is 1020 g/mol. The maximum absolute atomic E-state index is 12.3. The molecule has 7 N–H and O–H groups in total. The van der Waals surface area contributed by atoms with E-state index >= 15 is 0 Å². The van der Waals surface area contributed by atoms with Gasteiger partial charge in [0, 0.05) is 11.8 Å². The first-order valence-electron chi connectivity index (χ1n) is 20.1. The third-order valence-corrected chi connectivity index (χ3v) is 12.0. The molecule has 4 saturated heterocycles. The van der Waals surface area contributed by atoms with Crippen molar-refractivity contribution in [1.82, 2.24) is 20.9 Å². The van der Waals surface area contributed by atoms with Gasteiger partial charge in [0.15, 0.2) is 0 Å². The van der Waals surface area contributed by atoms with Crippen LogP contribution in [-0.4, -0.2) is 82.0 Å². The Hall–Kier alpha value is -8.11. The number of nitrogens with zero attached hydrogens (tertiary/aromatic N) is 1. The average Bonchev–Trinajstić information content (AvgIpc) is 4.07. The number of amides is 8. The summed E-state index contributed by atoms with van der Waals surface area (Å²) < 4.78 is 0. The molecule has 0 aromatic heterocycles. The van der Waals surface area contributed by atoms with Crippen LogP contribution in [0.1, 0.15) is 32.6 Å². The van der Waals surface area contributed by atoms with E-state index in [2.05, 4.69) is 16.0 Å². The summed E-state index contributed by atoms with van der Waals surface area (Å²) in [6.07, 6.45) is 9.57. The number of benzene rings is 5. The lowest BCUT2D eigenvalue weighted by Crippen LogP contribution is -2.21. The molecule has 21 heteroatoms. The number of aromatic hydroxyl groups is 4. The molecule has 17 nitrogen and oxygen atoms in total. The Bertz CT molecular complexity index is 2790. The fourth-order valence-electron chi connectivity index (χ4n) is 5.39. The first-order valence-corrected chi connectivity index (χ1v) is 23.5. The molecule has 4 aliphatic heterocycles. The molecule has 0 aliphatic carbocycles. The highest BCUT2D eigenvalue weighted by Gasteiger charge is 2.33. The van der Waals surface area contributed by atoms with Crippen LogP contribution in [0.5, 0.6) is 23.0 Å². The minimum Gasteiger partial charge on any atom is -0.508 e. The second-order valence-electron chi connectivity index (χ2n) is 13.9. The number of hydrogen-bond acceptors (Lipinski definition) is 17. The molecular weight excluding hydrogens is 981 g/mol. The summed E-state index contributed by atoms with van der Waals surface area (Å²) in [6, 6.07) is 35.1. The van der Waals surface area contributed by atoms with Crippen LogP contribution >= 0.6 is 47.0 Å². The van der Waals surface area contributed by atoms with Crippen molar-refractivity contribution in [2.24, 2.45) is 0 Å². The summed E-state index contributed by atoms with van der Waals surface area (Å²) in [4.78, 5) is 101. The smallest absolute Gasteiger partial charge is 0.297 e. The molecule has 0 atom stereocenters. The van der Waals surface area contributed by atoms with E-state index in [1.807, 2.05) is 30.3 Å². The molecule has 4 aliphatic rings. The fourth-order valence-corrected chi connectivity index (χ4v) is 8.09. The van der Waals surface area contributed by atoms with Crippen molar-refractivity contribution in [3.8, 4) is 23.0 Å². The number of hydrogen-bond donors (Lipinski definition) is 7. The molecule has 5 aromatic rings. The summed E-state index contributed by atoms with van der Waals surface area (Å²) in [5.74, 6) is -0.314. The number of thioether (sulfide) groups is 4. The van der Waals surface area contributed by atoms with E-state index in [9.17, 15) is 48.3 Å². The third kappa shape index (κ3) is 17.5. The van der Waals surface area contributed by atoms with E-state index in [1.165, 1.54) is 54.7 Å². The minimum absolute atomic E-state index is 0.157.